The van der Waals surface area contributed by atoms with Crippen molar-refractivity contribution in [2.24, 2.45) is 12.0 Å². The van der Waals surface area contributed by atoms with Crippen LogP contribution < -0.4 is 10.6 Å². The average Bonchev–Trinajstić information content (AvgIpc) is 3.07. The molecule has 0 amide bonds. The third-order valence-electron chi connectivity index (χ3n) is 2.88. The molecule has 0 radical (unpaired) electrons. The first-order chi connectivity index (χ1) is 10.1. The standard InChI is InChI=1S/C13H18BrN5OS.HI/c1-15-13(16-4-9-3-12(14)21-8-9)17-6-11(20)10-5-18-19(2)7-10;/h3,5,7-8,11,20H,4,6H2,1-2H3,(H2,15,16,17);1H. The SMILES string of the molecule is CN=C(NCc1csc(Br)c1)NCC(O)c1cnn(C)c1.I. The van der Waals surface area contributed by atoms with Gasteiger partial charge in [-0.25, -0.2) is 0 Å². The van der Waals surface area contributed by atoms with Crippen molar-refractivity contribution < 1.29 is 5.11 Å². The molecule has 0 bridgehead atoms. The highest BCUT2D eigenvalue weighted by Gasteiger charge is 2.10. The molecular formula is C13H19BrIN5OS. The molecule has 3 N–H and O–H groups in total. The molecule has 0 aliphatic rings. The number of thiophene rings is 1. The summed E-state index contributed by atoms with van der Waals surface area (Å²) in [6.07, 6.45) is 2.84. The molecule has 0 spiro atoms. The molecule has 0 aliphatic carbocycles. The van der Waals surface area contributed by atoms with Gasteiger partial charge in [0.05, 0.1) is 16.1 Å². The first-order valence-electron chi connectivity index (χ1n) is 6.42. The molecule has 6 nitrogen and oxygen atoms in total. The van der Waals surface area contributed by atoms with Gasteiger partial charge in [-0.2, -0.15) is 5.10 Å². The molecular weight excluding hydrogens is 481 g/mol. The largest absolute Gasteiger partial charge is 0.386 e. The Morgan fingerprint density at radius 3 is 2.86 bits per heavy atom. The van der Waals surface area contributed by atoms with Crippen LogP contribution in [0.15, 0.2) is 32.6 Å². The number of guanidine groups is 1. The summed E-state index contributed by atoms with van der Waals surface area (Å²) in [4.78, 5) is 4.13. The molecule has 0 aliphatic heterocycles. The van der Waals surface area contributed by atoms with Gasteiger partial charge in [-0.3, -0.25) is 9.67 Å². The van der Waals surface area contributed by atoms with Crippen molar-refractivity contribution in [1.82, 2.24) is 20.4 Å². The molecule has 0 saturated heterocycles. The van der Waals surface area contributed by atoms with Crippen LogP contribution in [0.3, 0.4) is 0 Å². The number of aryl methyl sites for hydroxylation is 1. The van der Waals surface area contributed by atoms with Crippen LogP contribution in [0.5, 0.6) is 0 Å². The lowest BCUT2D eigenvalue weighted by molar-refractivity contribution is 0.180. The summed E-state index contributed by atoms with van der Waals surface area (Å²) in [7, 11) is 3.53. The summed E-state index contributed by atoms with van der Waals surface area (Å²) >= 11 is 5.09. The van der Waals surface area contributed by atoms with E-state index in [-0.39, 0.29) is 24.0 Å². The molecule has 1 unspecified atom stereocenters. The van der Waals surface area contributed by atoms with E-state index in [4.69, 9.17) is 0 Å². The van der Waals surface area contributed by atoms with Crippen LogP contribution in [-0.4, -0.2) is 34.4 Å². The molecule has 122 valence electrons. The van der Waals surface area contributed by atoms with Gasteiger partial charge in [-0.1, -0.05) is 0 Å². The predicted molar refractivity (Wildman–Crippen MR) is 104 cm³/mol. The van der Waals surface area contributed by atoms with Gasteiger partial charge in [-0.15, -0.1) is 35.3 Å². The minimum Gasteiger partial charge on any atom is -0.386 e. The Morgan fingerprint density at radius 2 is 2.32 bits per heavy atom. The summed E-state index contributed by atoms with van der Waals surface area (Å²) in [5.41, 5.74) is 1.96. The molecule has 0 saturated carbocycles. The molecule has 9 heteroatoms. The number of aliphatic hydroxyl groups is 1. The maximum Gasteiger partial charge on any atom is 0.191 e. The first kappa shape index (κ1) is 19.4. The maximum atomic E-state index is 10.1. The van der Waals surface area contributed by atoms with E-state index in [1.54, 1.807) is 35.5 Å². The lowest BCUT2D eigenvalue weighted by Crippen LogP contribution is -2.38. The van der Waals surface area contributed by atoms with Crippen LogP contribution in [-0.2, 0) is 13.6 Å². The number of nitrogens with zero attached hydrogens (tertiary/aromatic N) is 3. The van der Waals surface area contributed by atoms with Gasteiger partial charge < -0.3 is 15.7 Å². The van der Waals surface area contributed by atoms with Crippen LogP contribution in [0.4, 0.5) is 0 Å². The minimum absolute atomic E-state index is 0. The summed E-state index contributed by atoms with van der Waals surface area (Å²) in [5, 5.41) is 22.5. The number of aliphatic imine (C=N–C) groups is 1. The zero-order valence-electron chi connectivity index (χ0n) is 12.3. The molecule has 2 aromatic rings. The van der Waals surface area contributed by atoms with Gasteiger partial charge in [0.1, 0.15) is 0 Å². The van der Waals surface area contributed by atoms with E-state index >= 15 is 0 Å². The van der Waals surface area contributed by atoms with E-state index in [9.17, 15) is 5.11 Å². The van der Waals surface area contributed by atoms with Gasteiger partial charge >= 0.3 is 0 Å². The maximum absolute atomic E-state index is 10.1. The molecule has 2 rings (SSSR count). The Kier molecular flexibility index (Phi) is 8.36. The number of rotatable bonds is 5. The fourth-order valence-electron chi connectivity index (χ4n) is 1.77. The van der Waals surface area contributed by atoms with Crippen molar-refractivity contribution in [1.29, 1.82) is 0 Å². The summed E-state index contributed by atoms with van der Waals surface area (Å²) in [5.74, 6) is 0.653. The normalized spacial score (nSPS) is 12.6. The number of nitrogens with one attached hydrogen (secondary N) is 2. The summed E-state index contributed by atoms with van der Waals surface area (Å²) in [6, 6.07) is 2.06. The highest BCUT2D eigenvalue weighted by Crippen LogP contribution is 2.20. The van der Waals surface area contributed by atoms with Crippen molar-refractivity contribution in [3.05, 3.63) is 38.8 Å². The van der Waals surface area contributed by atoms with Gasteiger partial charge in [-0.05, 0) is 32.9 Å². The van der Waals surface area contributed by atoms with Gasteiger partial charge in [0.25, 0.3) is 0 Å². The van der Waals surface area contributed by atoms with E-state index in [2.05, 4.69) is 48.1 Å². The Balaban J connectivity index is 0.00000242. The Labute approximate surface area is 159 Å². The third kappa shape index (κ3) is 5.86. The predicted octanol–water partition coefficient (Wildman–Crippen LogP) is 2.26. The Hall–Kier alpha value is -0.650. The molecule has 2 aromatic heterocycles. The summed E-state index contributed by atoms with van der Waals surface area (Å²) < 4.78 is 2.77. The lowest BCUT2D eigenvalue weighted by atomic mass is 10.2. The molecule has 22 heavy (non-hydrogen) atoms. The van der Waals surface area contributed by atoms with Crippen LogP contribution in [0.1, 0.15) is 17.2 Å². The number of hydrogen-bond donors (Lipinski definition) is 3. The number of halogens is 2. The molecule has 2 heterocycles. The van der Waals surface area contributed by atoms with Crippen molar-refractivity contribution in [2.45, 2.75) is 12.6 Å². The second-order valence-corrected chi connectivity index (χ2v) is 6.82. The smallest absolute Gasteiger partial charge is 0.191 e. The first-order valence-corrected chi connectivity index (χ1v) is 8.10. The van der Waals surface area contributed by atoms with Crippen LogP contribution >= 0.6 is 51.2 Å². The number of hydrogen-bond acceptors (Lipinski definition) is 4. The van der Waals surface area contributed by atoms with E-state index in [1.165, 1.54) is 5.56 Å². The highest BCUT2D eigenvalue weighted by atomic mass is 127. The monoisotopic (exact) mass is 499 g/mol. The third-order valence-corrected chi connectivity index (χ3v) is 4.43. The number of aliphatic hydroxyl groups excluding tert-OH is 1. The van der Waals surface area contributed by atoms with E-state index in [0.717, 1.165) is 9.35 Å². The van der Waals surface area contributed by atoms with E-state index in [1.807, 2.05) is 7.05 Å². The zero-order valence-corrected chi connectivity index (χ0v) is 17.0. The summed E-state index contributed by atoms with van der Waals surface area (Å²) in [6.45, 7) is 1.06. The fourth-order valence-corrected chi connectivity index (χ4v) is 2.98. The van der Waals surface area contributed by atoms with Crippen LogP contribution in [0.25, 0.3) is 0 Å². The van der Waals surface area contributed by atoms with Gasteiger partial charge in [0, 0.05) is 38.9 Å². The van der Waals surface area contributed by atoms with Crippen molar-refractivity contribution in [2.75, 3.05) is 13.6 Å². The van der Waals surface area contributed by atoms with Crippen molar-refractivity contribution >= 4 is 57.2 Å². The molecule has 1 atom stereocenters. The minimum atomic E-state index is -0.618. The van der Waals surface area contributed by atoms with E-state index < -0.39 is 6.10 Å². The van der Waals surface area contributed by atoms with Crippen LogP contribution in [0.2, 0.25) is 0 Å². The number of aromatic nitrogens is 2. The lowest BCUT2D eigenvalue weighted by Gasteiger charge is -2.14. The zero-order chi connectivity index (χ0) is 15.2. The second kappa shape index (κ2) is 9.48. The topological polar surface area (TPSA) is 74.5 Å². The van der Waals surface area contributed by atoms with Crippen molar-refractivity contribution in [3.63, 3.8) is 0 Å². The van der Waals surface area contributed by atoms with Gasteiger partial charge in [0.2, 0.25) is 0 Å². The Morgan fingerprint density at radius 1 is 1.55 bits per heavy atom. The quantitative estimate of drug-likeness (QED) is 0.335. The van der Waals surface area contributed by atoms with Gasteiger partial charge in [0.15, 0.2) is 5.96 Å². The molecule has 0 fully saturated rings. The van der Waals surface area contributed by atoms with Crippen LogP contribution in [0, 0.1) is 0 Å². The molecule has 0 aromatic carbocycles. The highest BCUT2D eigenvalue weighted by molar-refractivity contribution is 14.0. The fraction of sp³-hybridized carbons (Fsp3) is 0.385. The van der Waals surface area contributed by atoms with E-state index in [0.29, 0.717) is 19.0 Å². The van der Waals surface area contributed by atoms with Crippen molar-refractivity contribution in [3.8, 4) is 0 Å². The second-order valence-electron chi connectivity index (χ2n) is 4.53. The Bertz CT molecular complexity index is 615. The average molecular weight is 500 g/mol.